The van der Waals surface area contributed by atoms with Gasteiger partial charge in [-0.3, -0.25) is 9.78 Å². The molecule has 1 N–H and O–H groups in total. The number of hydrogen-bond donors (Lipinski definition) is 1. The van der Waals surface area contributed by atoms with Gasteiger partial charge in [0.1, 0.15) is 0 Å². The van der Waals surface area contributed by atoms with Gasteiger partial charge in [-0.2, -0.15) is 4.31 Å². The Balaban J connectivity index is 1.52. The Hall–Kier alpha value is -2.77. The van der Waals surface area contributed by atoms with Crippen LogP contribution in [0.4, 0.5) is 5.69 Å². The molecule has 150 valence electrons. The third kappa shape index (κ3) is 4.02. The lowest BCUT2D eigenvalue weighted by Crippen LogP contribution is -2.43. The summed E-state index contributed by atoms with van der Waals surface area (Å²) in [6.07, 6.45) is 3.00. The second-order valence-corrected chi connectivity index (χ2v) is 9.32. The summed E-state index contributed by atoms with van der Waals surface area (Å²) < 4.78 is 27.4. The number of rotatable bonds is 4. The van der Waals surface area contributed by atoms with Crippen molar-refractivity contribution in [3.63, 3.8) is 0 Å². The fraction of sp³-hybridized carbons (Fsp3) is 0.273. The van der Waals surface area contributed by atoms with Crippen LogP contribution in [0, 0.1) is 12.8 Å². The molecule has 1 aliphatic heterocycles. The molecule has 0 spiro atoms. The number of aromatic nitrogens is 1. The molecule has 2 aromatic carbocycles. The molecule has 7 heteroatoms. The summed E-state index contributed by atoms with van der Waals surface area (Å²) in [6, 6.07) is 16.2. The molecule has 1 aromatic heterocycles. The fourth-order valence-corrected chi connectivity index (χ4v) is 5.20. The van der Waals surface area contributed by atoms with E-state index in [0.29, 0.717) is 25.1 Å². The van der Waals surface area contributed by atoms with Crippen LogP contribution >= 0.6 is 0 Å². The van der Waals surface area contributed by atoms with Gasteiger partial charge in [-0.15, -0.1) is 0 Å². The van der Waals surface area contributed by atoms with Gasteiger partial charge < -0.3 is 5.32 Å². The summed E-state index contributed by atoms with van der Waals surface area (Å²) in [5, 5.41) is 3.89. The van der Waals surface area contributed by atoms with E-state index in [1.165, 1.54) is 4.31 Å². The Morgan fingerprint density at radius 2 is 1.86 bits per heavy atom. The highest BCUT2D eigenvalue weighted by molar-refractivity contribution is 7.89. The van der Waals surface area contributed by atoms with Crippen LogP contribution in [0.3, 0.4) is 0 Å². The van der Waals surface area contributed by atoms with E-state index in [0.717, 1.165) is 16.5 Å². The first-order valence-electron chi connectivity index (χ1n) is 9.66. The van der Waals surface area contributed by atoms with Crippen LogP contribution in [0.1, 0.15) is 18.4 Å². The molecule has 3 aromatic rings. The third-order valence-corrected chi connectivity index (χ3v) is 7.18. The van der Waals surface area contributed by atoms with Gasteiger partial charge in [0.15, 0.2) is 0 Å². The number of fused-ring (bicyclic) bond motifs is 1. The molecular formula is C22H23N3O3S. The van der Waals surface area contributed by atoms with Crippen molar-refractivity contribution < 1.29 is 13.2 Å². The average molecular weight is 410 g/mol. The molecule has 0 saturated carbocycles. The normalized spacial score (nSPS) is 17.9. The topological polar surface area (TPSA) is 79.4 Å². The molecule has 0 radical (unpaired) electrons. The summed E-state index contributed by atoms with van der Waals surface area (Å²) in [7, 11) is -3.61. The smallest absolute Gasteiger partial charge is 0.243 e. The molecule has 0 aliphatic carbocycles. The van der Waals surface area contributed by atoms with Gasteiger partial charge in [-0.1, -0.05) is 35.9 Å². The number of aryl methyl sites for hydroxylation is 1. The van der Waals surface area contributed by atoms with E-state index in [-0.39, 0.29) is 17.3 Å². The second-order valence-electron chi connectivity index (χ2n) is 7.39. The van der Waals surface area contributed by atoms with Crippen molar-refractivity contribution in [2.75, 3.05) is 18.4 Å². The molecule has 1 aliphatic rings. The lowest BCUT2D eigenvalue weighted by Gasteiger charge is -2.31. The zero-order valence-electron chi connectivity index (χ0n) is 16.2. The van der Waals surface area contributed by atoms with E-state index >= 15 is 0 Å². The minimum atomic E-state index is -3.61. The number of carbonyl (C=O) groups is 1. The van der Waals surface area contributed by atoms with Crippen molar-refractivity contribution >= 4 is 32.5 Å². The van der Waals surface area contributed by atoms with Crippen LogP contribution in [-0.4, -0.2) is 36.7 Å². The predicted molar refractivity (Wildman–Crippen MR) is 113 cm³/mol. The van der Waals surface area contributed by atoms with Crippen molar-refractivity contribution in [1.29, 1.82) is 0 Å². The number of nitrogens with zero attached hydrogens (tertiary/aromatic N) is 2. The lowest BCUT2D eigenvalue weighted by atomic mass is 9.98. The zero-order chi connectivity index (χ0) is 20.4. The van der Waals surface area contributed by atoms with E-state index in [4.69, 9.17) is 0 Å². The van der Waals surface area contributed by atoms with Crippen molar-refractivity contribution in [3.05, 3.63) is 66.4 Å². The molecule has 1 saturated heterocycles. The second kappa shape index (κ2) is 7.93. The Bertz CT molecular complexity index is 1140. The number of amides is 1. The van der Waals surface area contributed by atoms with Crippen molar-refractivity contribution in [2.45, 2.75) is 24.7 Å². The van der Waals surface area contributed by atoms with Crippen molar-refractivity contribution in [1.82, 2.24) is 9.29 Å². The first kappa shape index (κ1) is 19.5. The number of anilines is 1. The van der Waals surface area contributed by atoms with E-state index in [2.05, 4.69) is 10.3 Å². The van der Waals surface area contributed by atoms with Crippen LogP contribution in [0.2, 0.25) is 0 Å². The highest BCUT2D eigenvalue weighted by Crippen LogP contribution is 2.26. The van der Waals surface area contributed by atoms with Crippen LogP contribution in [0.15, 0.2) is 65.7 Å². The minimum Gasteiger partial charge on any atom is -0.324 e. The maximum atomic E-state index is 13.0. The zero-order valence-corrected chi connectivity index (χ0v) is 17.0. The van der Waals surface area contributed by atoms with E-state index in [9.17, 15) is 13.2 Å². The van der Waals surface area contributed by atoms with Gasteiger partial charge in [-0.25, -0.2) is 8.42 Å². The van der Waals surface area contributed by atoms with Gasteiger partial charge in [0.25, 0.3) is 0 Å². The molecule has 1 atom stereocenters. The minimum absolute atomic E-state index is 0.174. The Morgan fingerprint density at radius 3 is 2.66 bits per heavy atom. The predicted octanol–water partition coefficient (Wildman–Crippen LogP) is 3.58. The molecule has 1 unspecified atom stereocenters. The van der Waals surface area contributed by atoms with Crippen LogP contribution in [-0.2, 0) is 14.8 Å². The van der Waals surface area contributed by atoms with Crippen LogP contribution in [0.25, 0.3) is 10.9 Å². The third-order valence-electron chi connectivity index (χ3n) is 5.30. The van der Waals surface area contributed by atoms with Gasteiger partial charge in [0.2, 0.25) is 15.9 Å². The fourth-order valence-electron chi connectivity index (χ4n) is 3.67. The summed E-state index contributed by atoms with van der Waals surface area (Å²) >= 11 is 0. The molecule has 1 fully saturated rings. The number of nitrogens with one attached hydrogen (secondary N) is 1. The monoisotopic (exact) mass is 409 g/mol. The Morgan fingerprint density at radius 1 is 1.10 bits per heavy atom. The highest BCUT2D eigenvalue weighted by atomic mass is 32.2. The van der Waals surface area contributed by atoms with E-state index in [1.54, 1.807) is 30.5 Å². The van der Waals surface area contributed by atoms with Gasteiger partial charge in [0.05, 0.1) is 22.0 Å². The molecule has 6 nitrogen and oxygen atoms in total. The maximum Gasteiger partial charge on any atom is 0.243 e. The number of piperidine rings is 1. The van der Waals surface area contributed by atoms with Crippen molar-refractivity contribution in [2.24, 2.45) is 5.92 Å². The molecule has 1 amide bonds. The van der Waals surface area contributed by atoms with Crippen molar-refractivity contribution in [3.8, 4) is 0 Å². The first-order valence-corrected chi connectivity index (χ1v) is 11.1. The summed E-state index contributed by atoms with van der Waals surface area (Å²) in [6.45, 7) is 2.52. The molecule has 29 heavy (non-hydrogen) atoms. The van der Waals surface area contributed by atoms with E-state index in [1.807, 2.05) is 37.3 Å². The largest absolute Gasteiger partial charge is 0.324 e. The number of pyridine rings is 1. The number of carbonyl (C=O) groups excluding carboxylic acids is 1. The number of para-hydroxylation sites is 1. The van der Waals surface area contributed by atoms with Gasteiger partial charge >= 0.3 is 0 Å². The number of benzene rings is 2. The first-order chi connectivity index (χ1) is 13.9. The van der Waals surface area contributed by atoms with Crippen LogP contribution in [0.5, 0.6) is 0 Å². The molecule has 0 bridgehead atoms. The molecule has 2 heterocycles. The summed E-state index contributed by atoms with van der Waals surface area (Å²) in [4.78, 5) is 17.5. The maximum absolute atomic E-state index is 13.0. The van der Waals surface area contributed by atoms with Gasteiger partial charge in [0, 0.05) is 24.7 Å². The SMILES string of the molecule is Cc1ccc(S(=O)(=O)N2CCCC(C(=O)Nc3cccc4cccnc34)C2)cc1. The standard InChI is InChI=1S/C22H23N3O3S/c1-16-9-11-19(12-10-16)29(27,28)25-14-4-7-18(15-25)22(26)24-20-8-2-5-17-6-3-13-23-21(17)20/h2-3,5-6,8-13,18H,4,7,14-15H2,1H3,(H,24,26). The molecular weight excluding hydrogens is 386 g/mol. The van der Waals surface area contributed by atoms with Crippen LogP contribution < -0.4 is 5.32 Å². The van der Waals surface area contributed by atoms with Gasteiger partial charge in [-0.05, 0) is 44.0 Å². The number of sulfonamides is 1. The summed E-state index contributed by atoms with van der Waals surface area (Å²) in [5.74, 6) is -0.574. The lowest BCUT2D eigenvalue weighted by molar-refractivity contribution is -0.120. The quantitative estimate of drug-likeness (QED) is 0.714. The average Bonchev–Trinajstić information content (AvgIpc) is 2.74. The highest BCUT2D eigenvalue weighted by Gasteiger charge is 2.33. The van der Waals surface area contributed by atoms with E-state index < -0.39 is 15.9 Å². The number of hydrogen-bond acceptors (Lipinski definition) is 4. The molecule has 4 rings (SSSR count). The Kier molecular flexibility index (Phi) is 5.34. The summed E-state index contributed by atoms with van der Waals surface area (Å²) in [5.41, 5.74) is 2.37. The Labute approximate surface area is 170 Å².